The highest BCUT2D eigenvalue weighted by atomic mass is 32.1. The Hall–Kier alpha value is -3.39. The Morgan fingerprint density at radius 1 is 1.24 bits per heavy atom. The molecule has 150 valence electrons. The van der Waals surface area contributed by atoms with Crippen LogP contribution in [0.4, 0.5) is 5.13 Å². The molecule has 8 heteroatoms. The van der Waals surface area contributed by atoms with E-state index in [0.29, 0.717) is 33.8 Å². The molecule has 1 amide bonds. The number of amides is 1. The fraction of sp³-hybridized carbons (Fsp3) is 0.190. The minimum absolute atomic E-state index is 0.349. The molecule has 3 rings (SSSR count). The average molecular weight is 410 g/mol. The number of nitrogen functional groups attached to an aromatic ring is 1. The number of nitrogens with two attached hydrogens (primary N) is 1. The molecule has 0 bridgehead atoms. The fourth-order valence-electron chi connectivity index (χ4n) is 2.69. The second kappa shape index (κ2) is 9.20. The van der Waals surface area contributed by atoms with Gasteiger partial charge < -0.3 is 15.2 Å². The van der Waals surface area contributed by atoms with Gasteiger partial charge in [0.05, 0.1) is 19.0 Å². The number of anilines is 1. The maximum absolute atomic E-state index is 12.1. The first-order valence-electron chi connectivity index (χ1n) is 8.89. The monoisotopic (exact) mass is 410 g/mol. The molecule has 0 saturated heterocycles. The molecule has 0 aliphatic rings. The van der Waals surface area contributed by atoms with Crippen LogP contribution in [0.15, 0.2) is 47.6 Å². The number of nitrogens with one attached hydrogen (secondary N) is 1. The summed E-state index contributed by atoms with van der Waals surface area (Å²) in [6.45, 7) is 4.22. The van der Waals surface area contributed by atoms with Gasteiger partial charge in [-0.25, -0.2) is 10.4 Å². The standard InChI is InChI=1S/C21H22N4O3S/c1-13-5-4-6-16(9-13)12-28-17-8-7-15(10-18(17)27-3)11-23-25-20(26)19-14(2)24-21(22)29-19/h4-11H,12H2,1-3H3,(H2,22,24)(H,25,26). The Labute approximate surface area is 173 Å². The van der Waals surface area contributed by atoms with Crippen molar-refractivity contribution in [1.29, 1.82) is 0 Å². The third-order valence-corrected chi connectivity index (χ3v) is 5.05. The first-order valence-corrected chi connectivity index (χ1v) is 9.70. The predicted molar refractivity (Wildman–Crippen MR) is 115 cm³/mol. The number of hydrogen-bond acceptors (Lipinski definition) is 7. The maximum atomic E-state index is 12.1. The van der Waals surface area contributed by atoms with Crippen LogP contribution in [0, 0.1) is 13.8 Å². The Kier molecular flexibility index (Phi) is 6.46. The van der Waals surface area contributed by atoms with Gasteiger partial charge in [0.15, 0.2) is 16.6 Å². The van der Waals surface area contributed by atoms with E-state index < -0.39 is 0 Å². The van der Waals surface area contributed by atoms with Gasteiger partial charge in [-0.15, -0.1) is 0 Å². The van der Waals surface area contributed by atoms with Crippen molar-refractivity contribution in [2.45, 2.75) is 20.5 Å². The van der Waals surface area contributed by atoms with Crippen LogP contribution in [0.5, 0.6) is 11.5 Å². The molecule has 0 spiro atoms. The molecule has 0 saturated carbocycles. The summed E-state index contributed by atoms with van der Waals surface area (Å²) in [5.41, 5.74) is 11.7. The number of carbonyl (C=O) groups excluding carboxylic acids is 1. The molecule has 3 aromatic rings. The van der Waals surface area contributed by atoms with Crippen molar-refractivity contribution >= 4 is 28.6 Å². The molecule has 3 N–H and O–H groups in total. The van der Waals surface area contributed by atoms with Crippen LogP contribution >= 0.6 is 11.3 Å². The molecule has 0 fully saturated rings. The van der Waals surface area contributed by atoms with Gasteiger partial charge >= 0.3 is 0 Å². The van der Waals surface area contributed by atoms with Gasteiger partial charge in [-0.1, -0.05) is 41.2 Å². The largest absolute Gasteiger partial charge is 0.493 e. The summed E-state index contributed by atoms with van der Waals surface area (Å²) in [5, 5.41) is 4.34. The lowest BCUT2D eigenvalue weighted by Crippen LogP contribution is -2.17. The SMILES string of the molecule is COc1cc(C=NNC(=O)c2sc(N)nc2C)ccc1OCc1cccc(C)c1. The second-order valence-electron chi connectivity index (χ2n) is 6.35. The number of thiazole rings is 1. The highest BCUT2D eigenvalue weighted by Crippen LogP contribution is 2.28. The van der Waals surface area contributed by atoms with Crippen molar-refractivity contribution in [2.75, 3.05) is 12.8 Å². The molecule has 1 aromatic heterocycles. The molecule has 2 aromatic carbocycles. The minimum Gasteiger partial charge on any atom is -0.493 e. The topological polar surface area (TPSA) is 98.8 Å². The van der Waals surface area contributed by atoms with Crippen LogP contribution in [0.2, 0.25) is 0 Å². The lowest BCUT2D eigenvalue weighted by atomic mass is 10.1. The van der Waals surface area contributed by atoms with Crippen molar-refractivity contribution in [3.05, 3.63) is 69.7 Å². The Morgan fingerprint density at radius 3 is 2.76 bits per heavy atom. The molecule has 0 aliphatic carbocycles. The summed E-state index contributed by atoms with van der Waals surface area (Å²) in [6.07, 6.45) is 1.53. The predicted octanol–water partition coefficient (Wildman–Crippen LogP) is 3.69. The third-order valence-electron chi connectivity index (χ3n) is 4.06. The summed E-state index contributed by atoms with van der Waals surface area (Å²) in [5.74, 6) is 0.864. The van der Waals surface area contributed by atoms with Gasteiger partial charge in [-0.05, 0) is 43.2 Å². The highest BCUT2D eigenvalue weighted by molar-refractivity contribution is 7.17. The van der Waals surface area contributed by atoms with E-state index in [1.54, 1.807) is 20.1 Å². The smallest absolute Gasteiger partial charge is 0.283 e. The highest BCUT2D eigenvalue weighted by Gasteiger charge is 2.13. The zero-order valence-electron chi connectivity index (χ0n) is 16.4. The van der Waals surface area contributed by atoms with Gasteiger partial charge in [-0.3, -0.25) is 4.79 Å². The van der Waals surface area contributed by atoms with Crippen LogP contribution in [-0.4, -0.2) is 24.2 Å². The van der Waals surface area contributed by atoms with Crippen LogP contribution in [0.3, 0.4) is 0 Å². The van der Waals surface area contributed by atoms with Gasteiger partial charge in [0, 0.05) is 0 Å². The summed E-state index contributed by atoms with van der Waals surface area (Å²) in [6, 6.07) is 13.6. The molecule has 1 heterocycles. The lowest BCUT2D eigenvalue weighted by molar-refractivity contribution is 0.0958. The summed E-state index contributed by atoms with van der Waals surface area (Å²) in [4.78, 5) is 16.6. The van der Waals surface area contributed by atoms with Crippen LogP contribution < -0.4 is 20.6 Å². The number of benzene rings is 2. The number of ether oxygens (including phenoxy) is 2. The second-order valence-corrected chi connectivity index (χ2v) is 7.38. The Bertz CT molecular complexity index is 1050. The van der Waals surface area contributed by atoms with Gasteiger partial charge in [0.1, 0.15) is 11.5 Å². The van der Waals surface area contributed by atoms with Crippen molar-refractivity contribution in [3.8, 4) is 11.5 Å². The zero-order chi connectivity index (χ0) is 20.8. The van der Waals surface area contributed by atoms with Gasteiger partial charge in [-0.2, -0.15) is 5.10 Å². The third kappa shape index (κ3) is 5.32. The van der Waals surface area contributed by atoms with E-state index in [-0.39, 0.29) is 5.91 Å². The summed E-state index contributed by atoms with van der Waals surface area (Å²) < 4.78 is 11.3. The molecule has 7 nitrogen and oxygen atoms in total. The van der Waals surface area contributed by atoms with E-state index in [2.05, 4.69) is 21.6 Å². The summed E-state index contributed by atoms with van der Waals surface area (Å²) in [7, 11) is 1.58. The molecule has 0 aliphatic heterocycles. The van der Waals surface area contributed by atoms with Gasteiger partial charge in [0.2, 0.25) is 0 Å². The van der Waals surface area contributed by atoms with E-state index >= 15 is 0 Å². The van der Waals surface area contributed by atoms with E-state index in [0.717, 1.165) is 22.5 Å². The normalized spacial score (nSPS) is 10.9. The molecule has 0 unspecified atom stereocenters. The molecule has 0 atom stereocenters. The maximum Gasteiger partial charge on any atom is 0.283 e. The molecule has 29 heavy (non-hydrogen) atoms. The van der Waals surface area contributed by atoms with Crippen molar-refractivity contribution in [3.63, 3.8) is 0 Å². The lowest BCUT2D eigenvalue weighted by Gasteiger charge is -2.11. The number of hydrazone groups is 1. The van der Waals surface area contributed by atoms with Crippen LogP contribution in [0.25, 0.3) is 0 Å². The molecular formula is C21H22N4O3S. The number of aromatic nitrogens is 1. The first-order chi connectivity index (χ1) is 14.0. The van der Waals surface area contributed by atoms with Crippen molar-refractivity contribution < 1.29 is 14.3 Å². The van der Waals surface area contributed by atoms with E-state index in [1.807, 2.05) is 37.3 Å². The van der Waals surface area contributed by atoms with E-state index in [9.17, 15) is 4.79 Å². The van der Waals surface area contributed by atoms with Crippen molar-refractivity contribution in [2.24, 2.45) is 5.10 Å². The zero-order valence-corrected chi connectivity index (χ0v) is 17.2. The van der Waals surface area contributed by atoms with Crippen LogP contribution in [-0.2, 0) is 6.61 Å². The quantitative estimate of drug-likeness (QED) is 0.457. The Balaban J connectivity index is 1.64. The fourth-order valence-corrected chi connectivity index (χ4v) is 3.41. The first kappa shape index (κ1) is 20.3. The minimum atomic E-state index is -0.349. The number of methoxy groups -OCH3 is 1. The number of carbonyl (C=O) groups is 1. The average Bonchev–Trinajstić information content (AvgIpc) is 3.05. The number of rotatable bonds is 7. The molecule has 0 radical (unpaired) electrons. The molecular weight excluding hydrogens is 388 g/mol. The van der Waals surface area contributed by atoms with E-state index in [4.69, 9.17) is 15.2 Å². The Morgan fingerprint density at radius 2 is 2.07 bits per heavy atom. The summed E-state index contributed by atoms with van der Waals surface area (Å²) >= 11 is 1.13. The van der Waals surface area contributed by atoms with Crippen molar-refractivity contribution in [1.82, 2.24) is 10.4 Å². The van der Waals surface area contributed by atoms with Gasteiger partial charge in [0.25, 0.3) is 5.91 Å². The number of aryl methyl sites for hydroxylation is 2. The number of nitrogens with zero attached hydrogens (tertiary/aromatic N) is 2. The van der Waals surface area contributed by atoms with E-state index in [1.165, 1.54) is 11.8 Å². The number of hydrogen-bond donors (Lipinski definition) is 2. The van der Waals surface area contributed by atoms with Crippen LogP contribution in [0.1, 0.15) is 32.1 Å².